The Bertz CT molecular complexity index is 249. The summed E-state index contributed by atoms with van der Waals surface area (Å²) in [5, 5.41) is 11.5. The topological polar surface area (TPSA) is 69.6 Å². The Morgan fingerprint density at radius 2 is 2.13 bits per heavy atom. The molecule has 86 valence electrons. The van der Waals surface area contributed by atoms with Crippen LogP contribution >= 0.6 is 0 Å². The third-order valence-corrected chi connectivity index (χ3v) is 2.66. The molecule has 0 saturated carbocycles. The van der Waals surface area contributed by atoms with Crippen molar-refractivity contribution in [3.05, 3.63) is 0 Å². The van der Waals surface area contributed by atoms with E-state index in [0.717, 1.165) is 0 Å². The molecule has 1 aliphatic heterocycles. The number of carbonyl (C=O) groups is 2. The average Bonchev–Trinajstić information content (AvgIpc) is 2.09. The van der Waals surface area contributed by atoms with Crippen LogP contribution in [0.5, 0.6) is 0 Å². The van der Waals surface area contributed by atoms with E-state index in [1.807, 2.05) is 14.0 Å². The largest absolute Gasteiger partial charge is 0.481 e. The van der Waals surface area contributed by atoms with E-state index in [9.17, 15) is 9.59 Å². The lowest BCUT2D eigenvalue weighted by Gasteiger charge is -2.40. The number of hydrogen-bond donors (Lipinski definition) is 2. The normalized spacial score (nSPS) is 18.4. The van der Waals surface area contributed by atoms with Crippen LogP contribution in [-0.2, 0) is 9.59 Å². The van der Waals surface area contributed by atoms with Gasteiger partial charge in [0.2, 0.25) is 5.91 Å². The maximum atomic E-state index is 11.7. The molecule has 1 aliphatic rings. The van der Waals surface area contributed by atoms with Gasteiger partial charge in [0.15, 0.2) is 0 Å². The Morgan fingerprint density at radius 1 is 1.53 bits per heavy atom. The van der Waals surface area contributed by atoms with Gasteiger partial charge in [0.1, 0.15) is 0 Å². The van der Waals surface area contributed by atoms with Crippen LogP contribution < -0.4 is 5.32 Å². The Labute approximate surface area is 89.4 Å². The molecule has 5 nitrogen and oxygen atoms in total. The fourth-order valence-corrected chi connectivity index (χ4v) is 1.83. The van der Waals surface area contributed by atoms with Crippen molar-refractivity contribution >= 4 is 11.9 Å². The highest BCUT2D eigenvalue weighted by molar-refractivity contribution is 5.79. The minimum absolute atomic E-state index is 0.0271. The minimum Gasteiger partial charge on any atom is -0.481 e. The van der Waals surface area contributed by atoms with Gasteiger partial charge in [-0.3, -0.25) is 9.59 Å². The maximum Gasteiger partial charge on any atom is 0.303 e. The van der Waals surface area contributed by atoms with E-state index < -0.39 is 5.97 Å². The van der Waals surface area contributed by atoms with Gasteiger partial charge in [0, 0.05) is 31.5 Å². The molecule has 1 atom stereocenters. The van der Waals surface area contributed by atoms with E-state index in [0.29, 0.717) is 19.6 Å². The molecule has 1 unspecified atom stereocenters. The third-order valence-electron chi connectivity index (χ3n) is 2.66. The maximum absolute atomic E-state index is 11.7. The van der Waals surface area contributed by atoms with Gasteiger partial charge in [0.05, 0.1) is 6.42 Å². The van der Waals surface area contributed by atoms with Crippen LogP contribution in [0.15, 0.2) is 0 Å². The smallest absolute Gasteiger partial charge is 0.303 e. The van der Waals surface area contributed by atoms with Crippen molar-refractivity contribution in [2.45, 2.75) is 13.3 Å². The van der Waals surface area contributed by atoms with Crippen molar-refractivity contribution in [3.8, 4) is 0 Å². The van der Waals surface area contributed by atoms with Gasteiger partial charge in [0.25, 0.3) is 0 Å². The molecule has 1 saturated heterocycles. The Morgan fingerprint density at radius 3 is 2.60 bits per heavy atom. The number of carboxylic acid groups (broad SMARTS) is 1. The molecular formula is C10H18N2O3. The summed E-state index contributed by atoms with van der Waals surface area (Å²) in [4.78, 5) is 23.8. The predicted molar refractivity (Wildman–Crippen MR) is 55.4 cm³/mol. The van der Waals surface area contributed by atoms with Crippen molar-refractivity contribution in [2.24, 2.45) is 11.8 Å². The first-order chi connectivity index (χ1) is 7.04. The number of aliphatic carboxylic acids is 1. The molecule has 0 aliphatic carbocycles. The number of likely N-dealkylation sites (tertiary alicyclic amines) is 1. The van der Waals surface area contributed by atoms with Crippen LogP contribution in [0.4, 0.5) is 0 Å². The Kier molecular flexibility index (Phi) is 4.08. The van der Waals surface area contributed by atoms with Gasteiger partial charge in [-0.15, -0.1) is 0 Å². The Hall–Kier alpha value is -1.10. The highest BCUT2D eigenvalue weighted by Crippen LogP contribution is 2.20. The molecule has 1 heterocycles. The van der Waals surface area contributed by atoms with Gasteiger partial charge in [-0.25, -0.2) is 0 Å². The lowest BCUT2D eigenvalue weighted by atomic mass is 9.94. The second kappa shape index (κ2) is 5.11. The fourth-order valence-electron chi connectivity index (χ4n) is 1.83. The van der Waals surface area contributed by atoms with Gasteiger partial charge in [-0.05, 0) is 7.05 Å². The summed E-state index contributed by atoms with van der Waals surface area (Å²) < 4.78 is 0. The highest BCUT2D eigenvalue weighted by Gasteiger charge is 2.33. The fraction of sp³-hybridized carbons (Fsp3) is 0.800. The molecule has 1 fully saturated rings. The van der Waals surface area contributed by atoms with Crippen LogP contribution in [0.25, 0.3) is 0 Å². The molecule has 2 N–H and O–H groups in total. The van der Waals surface area contributed by atoms with E-state index >= 15 is 0 Å². The van der Waals surface area contributed by atoms with Gasteiger partial charge in [-0.1, -0.05) is 6.92 Å². The molecule has 0 spiro atoms. The standard InChI is InChI=1S/C10H18N2O3/c1-7(4-11-2)10(15)12-5-8(6-12)3-9(13)14/h7-8,11H,3-6H2,1-2H3,(H,13,14). The first-order valence-electron chi connectivity index (χ1n) is 5.19. The number of amides is 1. The first kappa shape index (κ1) is 12.0. The van der Waals surface area contributed by atoms with E-state index in [1.54, 1.807) is 4.90 Å². The summed E-state index contributed by atoms with van der Waals surface area (Å²) >= 11 is 0. The number of hydrogen-bond acceptors (Lipinski definition) is 3. The van der Waals surface area contributed by atoms with E-state index in [1.165, 1.54) is 0 Å². The quantitative estimate of drug-likeness (QED) is 0.663. The molecule has 1 rings (SSSR count). The van der Waals surface area contributed by atoms with Gasteiger partial charge < -0.3 is 15.3 Å². The van der Waals surface area contributed by atoms with E-state index in [2.05, 4.69) is 5.32 Å². The second-order valence-electron chi connectivity index (χ2n) is 4.17. The number of rotatable bonds is 5. The highest BCUT2D eigenvalue weighted by atomic mass is 16.4. The van der Waals surface area contributed by atoms with E-state index in [-0.39, 0.29) is 24.2 Å². The summed E-state index contributed by atoms with van der Waals surface area (Å²) in [5.74, 6) is -0.546. The predicted octanol–water partition coefficient (Wildman–Crippen LogP) is -0.225. The lowest BCUT2D eigenvalue weighted by molar-refractivity contribution is -0.147. The van der Waals surface area contributed by atoms with Crippen molar-refractivity contribution < 1.29 is 14.7 Å². The molecule has 5 heteroatoms. The van der Waals surface area contributed by atoms with E-state index in [4.69, 9.17) is 5.11 Å². The number of nitrogens with one attached hydrogen (secondary N) is 1. The first-order valence-corrected chi connectivity index (χ1v) is 5.19. The Balaban J connectivity index is 2.26. The van der Waals surface area contributed by atoms with Crippen molar-refractivity contribution in [1.29, 1.82) is 0 Å². The van der Waals surface area contributed by atoms with Gasteiger partial charge >= 0.3 is 5.97 Å². The molecule has 1 amide bonds. The number of nitrogens with zero attached hydrogens (tertiary/aromatic N) is 1. The molecule has 0 aromatic rings. The van der Waals surface area contributed by atoms with Crippen molar-refractivity contribution in [3.63, 3.8) is 0 Å². The monoisotopic (exact) mass is 214 g/mol. The molecule has 0 radical (unpaired) electrons. The lowest BCUT2D eigenvalue weighted by Crippen LogP contribution is -2.53. The zero-order chi connectivity index (χ0) is 11.4. The molecule has 0 aromatic heterocycles. The molecular weight excluding hydrogens is 196 g/mol. The zero-order valence-corrected chi connectivity index (χ0v) is 9.19. The zero-order valence-electron chi connectivity index (χ0n) is 9.19. The number of carbonyl (C=O) groups excluding carboxylic acids is 1. The third kappa shape index (κ3) is 3.20. The average molecular weight is 214 g/mol. The van der Waals surface area contributed by atoms with Crippen LogP contribution in [0.3, 0.4) is 0 Å². The van der Waals surface area contributed by atoms with Crippen LogP contribution in [0.2, 0.25) is 0 Å². The van der Waals surface area contributed by atoms with Crippen molar-refractivity contribution in [1.82, 2.24) is 10.2 Å². The minimum atomic E-state index is -0.782. The van der Waals surface area contributed by atoms with Crippen LogP contribution in [0, 0.1) is 11.8 Å². The van der Waals surface area contributed by atoms with Crippen molar-refractivity contribution in [2.75, 3.05) is 26.7 Å². The summed E-state index contributed by atoms with van der Waals surface area (Å²) in [5.41, 5.74) is 0. The molecule has 0 bridgehead atoms. The SMILES string of the molecule is CNCC(C)C(=O)N1CC(CC(=O)O)C1. The van der Waals surface area contributed by atoms with Gasteiger partial charge in [-0.2, -0.15) is 0 Å². The summed E-state index contributed by atoms with van der Waals surface area (Å²) in [6, 6.07) is 0. The summed E-state index contributed by atoms with van der Waals surface area (Å²) in [6.45, 7) is 3.74. The number of carboxylic acids is 1. The second-order valence-corrected chi connectivity index (χ2v) is 4.17. The summed E-state index contributed by atoms with van der Waals surface area (Å²) in [7, 11) is 1.81. The van der Waals surface area contributed by atoms with Crippen LogP contribution in [-0.4, -0.2) is 48.6 Å². The summed E-state index contributed by atoms with van der Waals surface area (Å²) in [6.07, 6.45) is 0.171. The molecule has 0 aromatic carbocycles. The molecule has 15 heavy (non-hydrogen) atoms. The van der Waals surface area contributed by atoms with Crippen LogP contribution in [0.1, 0.15) is 13.3 Å².